The minimum Gasteiger partial charge on any atom is -0.465 e. The molecule has 0 spiro atoms. The van der Waals surface area contributed by atoms with Crippen LogP contribution < -0.4 is 0 Å². The first kappa shape index (κ1) is 15.6. The van der Waals surface area contributed by atoms with Crippen LogP contribution in [-0.4, -0.2) is 40.8 Å². The molecule has 1 unspecified atom stereocenters. The van der Waals surface area contributed by atoms with Crippen molar-refractivity contribution in [1.29, 1.82) is 0 Å². The van der Waals surface area contributed by atoms with Crippen molar-refractivity contribution in [2.24, 2.45) is 0 Å². The highest BCUT2D eigenvalue weighted by molar-refractivity contribution is 8.00. The van der Waals surface area contributed by atoms with E-state index in [-0.39, 0.29) is 17.8 Å². The van der Waals surface area contributed by atoms with Gasteiger partial charge in [-0.1, -0.05) is 35.5 Å². The largest absolute Gasteiger partial charge is 0.465 e. The number of benzene rings is 1. The molecule has 23 heavy (non-hydrogen) atoms. The molecule has 1 aromatic carbocycles. The predicted octanol–water partition coefficient (Wildman–Crippen LogP) is 2.48. The maximum Gasteiger partial charge on any atom is 0.325 e. The highest BCUT2D eigenvalue weighted by atomic mass is 32.2. The van der Waals surface area contributed by atoms with Crippen molar-refractivity contribution in [3.8, 4) is 11.3 Å². The molecule has 1 amide bonds. The molecule has 1 aromatic heterocycles. The maximum absolute atomic E-state index is 12.0. The van der Waals surface area contributed by atoms with Crippen LogP contribution in [0.15, 0.2) is 40.9 Å². The molecule has 1 fully saturated rings. The lowest BCUT2D eigenvalue weighted by molar-refractivity contribution is -0.148. The van der Waals surface area contributed by atoms with E-state index >= 15 is 0 Å². The van der Waals surface area contributed by atoms with E-state index < -0.39 is 5.97 Å². The second-order valence-electron chi connectivity index (χ2n) is 4.97. The molecule has 0 saturated carbocycles. The van der Waals surface area contributed by atoms with Crippen LogP contribution in [0.2, 0.25) is 0 Å². The predicted molar refractivity (Wildman–Crippen MR) is 85.5 cm³/mol. The molecular formula is C16H16N2O4S. The standard InChI is InChI=1S/C16H16N2O4S/c1-2-21-15(20)9-18-14(19)10-23-16(18)12-8-13(22-17-12)11-6-4-3-5-7-11/h3-8,16H,2,9-10H2,1H3. The smallest absolute Gasteiger partial charge is 0.325 e. The van der Waals surface area contributed by atoms with Crippen molar-refractivity contribution in [1.82, 2.24) is 10.1 Å². The Bertz CT molecular complexity index is 701. The van der Waals surface area contributed by atoms with Gasteiger partial charge in [-0.15, -0.1) is 11.8 Å². The Balaban J connectivity index is 1.79. The number of aromatic nitrogens is 1. The van der Waals surface area contributed by atoms with Crippen LogP contribution in [0.3, 0.4) is 0 Å². The lowest BCUT2D eigenvalue weighted by atomic mass is 10.1. The summed E-state index contributed by atoms with van der Waals surface area (Å²) in [6, 6.07) is 11.4. The number of carbonyl (C=O) groups is 2. The monoisotopic (exact) mass is 332 g/mol. The van der Waals surface area contributed by atoms with Crippen molar-refractivity contribution >= 4 is 23.6 Å². The summed E-state index contributed by atoms with van der Waals surface area (Å²) in [5.41, 5.74) is 1.54. The van der Waals surface area contributed by atoms with E-state index in [0.29, 0.717) is 23.8 Å². The van der Waals surface area contributed by atoms with Gasteiger partial charge < -0.3 is 14.2 Å². The van der Waals surface area contributed by atoms with Crippen LogP contribution in [-0.2, 0) is 14.3 Å². The second-order valence-corrected chi connectivity index (χ2v) is 6.04. The third-order valence-electron chi connectivity index (χ3n) is 3.41. The fourth-order valence-corrected chi connectivity index (χ4v) is 3.48. The molecule has 1 aliphatic heterocycles. The Morgan fingerprint density at radius 2 is 2.22 bits per heavy atom. The van der Waals surface area contributed by atoms with Crippen LogP contribution in [0.5, 0.6) is 0 Å². The van der Waals surface area contributed by atoms with Gasteiger partial charge in [-0.2, -0.15) is 0 Å². The number of hydrogen-bond acceptors (Lipinski definition) is 6. The van der Waals surface area contributed by atoms with Crippen molar-refractivity contribution in [3.05, 3.63) is 42.1 Å². The summed E-state index contributed by atoms with van der Waals surface area (Å²) in [4.78, 5) is 25.2. The summed E-state index contributed by atoms with van der Waals surface area (Å²) in [5, 5.41) is 3.74. The van der Waals surface area contributed by atoms with Crippen LogP contribution in [0, 0.1) is 0 Å². The number of hydrogen-bond donors (Lipinski definition) is 0. The van der Waals surface area contributed by atoms with E-state index in [4.69, 9.17) is 9.26 Å². The molecule has 6 nitrogen and oxygen atoms in total. The van der Waals surface area contributed by atoms with Crippen LogP contribution in [0.4, 0.5) is 0 Å². The summed E-state index contributed by atoms with van der Waals surface area (Å²) in [6.07, 6.45) is 0. The number of thioether (sulfide) groups is 1. The average molecular weight is 332 g/mol. The lowest BCUT2D eigenvalue weighted by Gasteiger charge is -2.20. The number of esters is 1. The van der Waals surface area contributed by atoms with Crippen LogP contribution in [0.1, 0.15) is 18.0 Å². The first-order valence-electron chi connectivity index (χ1n) is 7.27. The van der Waals surface area contributed by atoms with Crippen molar-refractivity contribution in [2.75, 3.05) is 18.9 Å². The summed E-state index contributed by atoms with van der Waals surface area (Å²) in [6.45, 7) is 1.96. The molecule has 2 aromatic rings. The number of carbonyl (C=O) groups excluding carboxylic acids is 2. The highest BCUT2D eigenvalue weighted by Crippen LogP contribution is 2.39. The fraction of sp³-hybridized carbons (Fsp3) is 0.312. The summed E-state index contributed by atoms with van der Waals surface area (Å²) in [7, 11) is 0. The third kappa shape index (κ3) is 3.39. The van der Waals surface area contributed by atoms with E-state index in [1.807, 2.05) is 36.4 Å². The van der Waals surface area contributed by atoms with Crippen molar-refractivity contribution in [2.45, 2.75) is 12.3 Å². The zero-order valence-electron chi connectivity index (χ0n) is 12.6. The summed E-state index contributed by atoms with van der Waals surface area (Å²) < 4.78 is 10.3. The zero-order valence-corrected chi connectivity index (χ0v) is 13.4. The van der Waals surface area contributed by atoms with E-state index in [2.05, 4.69) is 5.16 Å². The van der Waals surface area contributed by atoms with Gasteiger partial charge in [0, 0.05) is 11.6 Å². The molecule has 3 rings (SSSR count). The molecule has 0 aliphatic carbocycles. The number of amides is 1. The van der Waals surface area contributed by atoms with Gasteiger partial charge in [0.05, 0.1) is 12.4 Å². The molecule has 0 radical (unpaired) electrons. The number of ether oxygens (including phenoxy) is 1. The van der Waals surface area contributed by atoms with Crippen molar-refractivity contribution < 1.29 is 18.8 Å². The lowest BCUT2D eigenvalue weighted by Crippen LogP contribution is -2.34. The Morgan fingerprint density at radius 3 is 2.96 bits per heavy atom. The van der Waals surface area contributed by atoms with Gasteiger partial charge in [0.2, 0.25) is 5.91 Å². The number of rotatable bonds is 5. The van der Waals surface area contributed by atoms with Gasteiger partial charge >= 0.3 is 5.97 Å². The van der Waals surface area contributed by atoms with E-state index in [9.17, 15) is 9.59 Å². The normalized spacial score (nSPS) is 17.5. The highest BCUT2D eigenvalue weighted by Gasteiger charge is 2.36. The molecule has 1 saturated heterocycles. The van der Waals surface area contributed by atoms with Gasteiger partial charge in [-0.25, -0.2) is 0 Å². The Kier molecular flexibility index (Phi) is 4.66. The van der Waals surface area contributed by atoms with Gasteiger partial charge in [-0.05, 0) is 6.92 Å². The molecular weight excluding hydrogens is 316 g/mol. The second kappa shape index (κ2) is 6.87. The van der Waals surface area contributed by atoms with Gasteiger partial charge in [-0.3, -0.25) is 9.59 Å². The molecule has 120 valence electrons. The van der Waals surface area contributed by atoms with Crippen LogP contribution >= 0.6 is 11.8 Å². The molecule has 0 bridgehead atoms. The molecule has 2 heterocycles. The van der Waals surface area contributed by atoms with E-state index in [1.165, 1.54) is 16.7 Å². The maximum atomic E-state index is 12.0. The first-order chi connectivity index (χ1) is 11.2. The summed E-state index contributed by atoms with van der Waals surface area (Å²) >= 11 is 1.43. The Morgan fingerprint density at radius 1 is 1.43 bits per heavy atom. The van der Waals surface area contributed by atoms with Gasteiger partial charge in [0.1, 0.15) is 17.6 Å². The Hall–Kier alpha value is -2.28. The van der Waals surface area contributed by atoms with Gasteiger partial charge in [0.15, 0.2) is 5.76 Å². The molecule has 7 heteroatoms. The van der Waals surface area contributed by atoms with E-state index in [1.54, 1.807) is 6.92 Å². The SMILES string of the molecule is CCOC(=O)CN1C(=O)CSC1c1cc(-c2ccccc2)on1. The molecule has 1 atom stereocenters. The van der Waals surface area contributed by atoms with Crippen molar-refractivity contribution in [3.63, 3.8) is 0 Å². The molecule has 1 aliphatic rings. The van der Waals surface area contributed by atoms with Crippen LogP contribution in [0.25, 0.3) is 11.3 Å². The van der Waals surface area contributed by atoms with Gasteiger partial charge in [0.25, 0.3) is 0 Å². The Labute approximate surface area is 137 Å². The first-order valence-corrected chi connectivity index (χ1v) is 8.32. The minimum atomic E-state index is -0.417. The quantitative estimate of drug-likeness (QED) is 0.783. The average Bonchev–Trinajstić information content (AvgIpc) is 3.17. The topological polar surface area (TPSA) is 72.6 Å². The third-order valence-corrected chi connectivity index (χ3v) is 4.64. The fourth-order valence-electron chi connectivity index (χ4n) is 2.36. The molecule has 0 N–H and O–H groups in total. The van der Waals surface area contributed by atoms with E-state index in [0.717, 1.165) is 5.56 Å². The minimum absolute atomic E-state index is 0.0716. The zero-order chi connectivity index (χ0) is 16.2. The number of nitrogens with zero attached hydrogens (tertiary/aromatic N) is 2. The summed E-state index contributed by atoms with van der Waals surface area (Å²) in [5.74, 6) is 0.437.